The Morgan fingerprint density at radius 1 is 1.21 bits per heavy atom. The van der Waals surface area contributed by atoms with Crippen LogP contribution in [0.5, 0.6) is 0 Å². The maximum atomic E-state index is 11.7. The topological polar surface area (TPSA) is 49.3 Å². The molecule has 0 unspecified atom stereocenters. The Kier molecular flexibility index (Phi) is 3.57. The minimum absolute atomic E-state index is 0.257. The molecule has 0 radical (unpaired) electrons. The summed E-state index contributed by atoms with van der Waals surface area (Å²) in [5, 5.41) is 12.9. The number of hydrogen-bond acceptors (Lipinski definition) is 2. The molecule has 1 aliphatic rings. The van der Waals surface area contributed by atoms with Crippen molar-refractivity contribution in [2.45, 2.75) is 52.0 Å². The molecule has 1 fully saturated rings. The van der Waals surface area contributed by atoms with Gasteiger partial charge in [-0.3, -0.25) is 0 Å². The Morgan fingerprint density at radius 3 is 2.37 bits per heavy atom. The van der Waals surface area contributed by atoms with Crippen molar-refractivity contribution < 1.29 is 9.90 Å². The van der Waals surface area contributed by atoms with Crippen LogP contribution < -0.4 is 5.32 Å². The van der Waals surface area contributed by atoms with E-state index in [0.717, 1.165) is 24.1 Å². The second-order valence-electron chi connectivity index (χ2n) is 6.55. The lowest BCUT2D eigenvalue weighted by Gasteiger charge is -2.41. The summed E-state index contributed by atoms with van der Waals surface area (Å²) in [4.78, 5) is 11.7. The molecule has 0 atom stereocenters. The van der Waals surface area contributed by atoms with Gasteiger partial charge in [-0.1, -0.05) is 26.0 Å². The Hall–Kier alpha value is -1.51. The summed E-state index contributed by atoms with van der Waals surface area (Å²) < 4.78 is 0. The van der Waals surface area contributed by atoms with Gasteiger partial charge in [0.1, 0.15) is 5.54 Å². The maximum absolute atomic E-state index is 11.7. The van der Waals surface area contributed by atoms with Crippen molar-refractivity contribution >= 4 is 11.7 Å². The van der Waals surface area contributed by atoms with Crippen molar-refractivity contribution in [3.8, 4) is 0 Å². The largest absolute Gasteiger partial charge is 0.480 e. The lowest BCUT2D eigenvalue weighted by atomic mass is 9.69. The fourth-order valence-electron chi connectivity index (χ4n) is 2.74. The number of benzene rings is 1. The number of rotatable bonds is 3. The van der Waals surface area contributed by atoms with E-state index < -0.39 is 11.5 Å². The van der Waals surface area contributed by atoms with Crippen LogP contribution in [0.3, 0.4) is 0 Å². The van der Waals surface area contributed by atoms with Gasteiger partial charge in [0.05, 0.1) is 0 Å². The molecule has 0 aromatic heterocycles. The highest BCUT2D eigenvalue weighted by Crippen LogP contribution is 2.41. The van der Waals surface area contributed by atoms with Crippen LogP contribution in [0.4, 0.5) is 5.69 Å². The van der Waals surface area contributed by atoms with Gasteiger partial charge in [-0.2, -0.15) is 0 Å². The maximum Gasteiger partial charge on any atom is 0.329 e. The summed E-state index contributed by atoms with van der Waals surface area (Å²) in [6.45, 7) is 6.44. The van der Waals surface area contributed by atoms with E-state index >= 15 is 0 Å². The van der Waals surface area contributed by atoms with Crippen LogP contribution in [-0.2, 0) is 4.79 Å². The van der Waals surface area contributed by atoms with E-state index in [9.17, 15) is 9.90 Å². The quantitative estimate of drug-likeness (QED) is 0.869. The first kappa shape index (κ1) is 13.9. The number of anilines is 1. The molecule has 0 saturated heterocycles. The van der Waals surface area contributed by atoms with Crippen molar-refractivity contribution in [1.82, 2.24) is 0 Å². The number of aryl methyl sites for hydroxylation is 1. The van der Waals surface area contributed by atoms with Crippen LogP contribution in [0.2, 0.25) is 0 Å². The fraction of sp³-hybridized carbons (Fsp3) is 0.562. The minimum atomic E-state index is -0.802. The van der Waals surface area contributed by atoms with E-state index in [4.69, 9.17) is 0 Å². The number of carbonyl (C=O) groups is 1. The monoisotopic (exact) mass is 261 g/mol. The average Bonchev–Trinajstić information content (AvgIpc) is 2.32. The molecule has 3 nitrogen and oxygen atoms in total. The zero-order valence-corrected chi connectivity index (χ0v) is 12.0. The molecule has 1 saturated carbocycles. The lowest BCUT2D eigenvalue weighted by molar-refractivity contribution is -0.144. The second-order valence-corrected chi connectivity index (χ2v) is 6.55. The van der Waals surface area contributed by atoms with Crippen LogP contribution in [0.15, 0.2) is 24.3 Å². The first-order valence-electron chi connectivity index (χ1n) is 6.91. The first-order valence-corrected chi connectivity index (χ1v) is 6.91. The molecule has 0 spiro atoms. The van der Waals surface area contributed by atoms with Gasteiger partial charge in [0.15, 0.2) is 0 Å². The van der Waals surface area contributed by atoms with Crippen LogP contribution in [-0.4, -0.2) is 16.6 Å². The molecule has 2 rings (SSSR count). The molecule has 1 aliphatic carbocycles. The standard InChI is InChI=1S/C16H23NO2/c1-12-5-4-6-13(11-12)17-16(14(18)19)9-7-15(2,3)8-10-16/h4-6,11,17H,7-10H2,1-3H3,(H,18,19). The summed E-state index contributed by atoms with van der Waals surface area (Å²) in [5.41, 5.74) is 1.50. The van der Waals surface area contributed by atoms with E-state index in [2.05, 4.69) is 19.2 Å². The third-order valence-corrected chi connectivity index (χ3v) is 4.27. The summed E-state index contributed by atoms with van der Waals surface area (Å²) in [6.07, 6.45) is 3.25. The summed E-state index contributed by atoms with van der Waals surface area (Å²) >= 11 is 0. The van der Waals surface area contributed by atoms with Gasteiger partial charge in [0.25, 0.3) is 0 Å². The summed E-state index contributed by atoms with van der Waals surface area (Å²) in [6, 6.07) is 7.92. The number of aliphatic carboxylic acids is 1. The average molecular weight is 261 g/mol. The van der Waals surface area contributed by atoms with Crippen LogP contribution in [0.25, 0.3) is 0 Å². The number of hydrogen-bond donors (Lipinski definition) is 2. The highest BCUT2D eigenvalue weighted by Gasteiger charge is 2.44. The van der Waals surface area contributed by atoms with Gasteiger partial charge >= 0.3 is 5.97 Å². The Labute approximate surface area is 115 Å². The van der Waals surface area contributed by atoms with Crippen LogP contribution >= 0.6 is 0 Å². The molecule has 0 amide bonds. The molecule has 0 bridgehead atoms. The third kappa shape index (κ3) is 3.09. The van der Waals surface area contributed by atoms with E-state index in [1.165, 1.54) is 0 Å². The number of carboxylic acid groups (broad SMARTS) is 1. The molecule has 2 N–H and O–H groups in total. The van der Waals surface area contributed by atoms with E-state index in [0.29, 0.717) is 12.8 Å². The zero-order chi connectivity index (χ0) is 14.1. The van der Waals surface area contributed by atoms with Crippen molar-refractivity contribution in [3.63, 3.8) is 0 Å². The van der Waals surface area contributed by atoms with Crippen molar-refractivity contribution in [2.24, 2.45) is 5.41 Å². The molecule has 19 heavy (non-hydrogen) atoms. The fourth-order valence-corrected chi connectivity index (χ4v) is 2.74. The van der Waals surface area contributed by atoms with E-state index in [1.54, 1.807) is 0 Å². The van der Waals surface area contributed by atoms with Crippen LogP contribution in [0, 0.1) is 12.3 Å². The first-order chi connectivity index (χ1) is 8.83. The molecule has 1 aromatic rings. The molecule has 0 heterocycles. The van der Waals surface area contributed by atoms with E-state index in [-0.39, 0.29) is 5.41 Å². The Balaban J connectivity index is 2.20. The molecule has 1 aromatic carbocycles. The van der Waals surface area contributed by atoms with Crippen molar-refractivity contribution in [2.75, 3.05) is 5.32 Å². The highest BCUT2D eigenvalue weighted by atomic mass is 16.4. The molecule has 0 aliphatic heterocycles. The van der Waals surface area contributed by atoms with Crippen molar-refractivity contribution in [1.29, 1.82) is 0 Å². The van der Waals surface area contributed by atoms with Crippen molar-refractivity contribution in [3.05, 3.63) is 29.8 Å². The number of nitrogens with one attached hydrogen (secondary N) is 1. The normalized spacial score (nSPS) is 20.8. The molecular weight excluding hydrogens is 238 g/mol. The Bertz CT molecular complexity index is 469. The summed E-state index contributed by atoms with van der Waals surface area (Å²) in [5.74, 6) is -0.732. The second kappa shape index (κ2) is 4.87. The SMILES string of the molecule is Cc1cccc(NC2(C(=O)O)CCC(C)(C)CC2)c1. The molecule has 3 heteroatoms. The van der Waals surface area contributed by atoms with E-state index in [1.807, 2.05) is 31.2 Å². The third-order valence-electron chi connectivity index (χ3n) is 4.27. The smallest absolute Gasteiger partial charge is 0.329 e. The van der Waals surface area contributed by atoms with Gasteiger partial charge in [-0.25, -0.2) is 4.79 Å². The highest BCUT2D eigenvalue weighted by molar-refractivity contribution is 5.83. The zero-order valence-electron chi connectivity index (χ0n) is 12.0. The van der Waals surface area contributed by atoms with Crippen LogP contribution in [0.1, 0.15) is 45.1 Å². The molecular formula is C16H23NO2. The van der Waals surface area contributed by atoms with Gasteiger partial charge < -0.3 is 10.4 Å². The summed E-state index contributed by atoms with van der Waals surface area (Å²) in [7, 11) is 0. The molecule has 104 valence electrons. The van der Waals surface area contributed by atoms with Gasteiger partial charge in [-0.05, 0) is 55.7 Å². The minimum Gasteiger partial charge on any atom is -0.480 e. The Morgan fingerprint density at radius 2 is 1.84 bits per heavy atom. The lowest BCUT2D eigenvalue weighted by Crippen LogP contribution is -2.50. The predicted octanol–water partition coefficient (Wildman–Crippen LogP) is 3.83. The van der Waals surface area contributed by atoms with Gasteiger partial charge in [-0.15, -0.1) is 0 Å². The predicted molar refractivity (Wildman–Crippen MR) is 77.4 cm³/mol. The van der Waals surface area contributed by atoms with Gasteiger partial charge in [0.2, 0.25) is 0 Å². The van der Waals surface area contributed by atoms with Gasteiger partial charge in [0, 0.05) is 5.69 Å². The number of carboxylic acids is 1.